The van der Waals surface area contributed by atoms with Gasteiger partial charge in [0.05, 0.1) is 6.04 Å². The third-order valence-electron chi connectivity index (χ3n) is 3.24. The van der Waals surface area contributed by atoms with Crippen LogP contribution in [0.3, 0.4) is 0 Å². The molecule has 1 aliphatic rings. The molecule has 0 spiro atoms. The first kappa shape index (κ1) is 14.3. The zero-order chi connectivity index (χ0) is 14.5. The number of nitrogens with zero attached hydrogens (tertiary/aromatic N) is 1. The number of nitrogens with one attached hydrogen (secondary N) is 2. The maximum absolute atomic E-state index is 11.8. The second-order valence-electron chi connectivity index (χ2n) is 4.81. The van der Waals surface area contributed by atoms with E-state index in [1.165, 1.54) is 0 Å². The van der Waals surface area contributed by atoms with Crippen molar-refractivity contribution < 1.29 is 9.59 Å². The topological polar surface area (TPSA) is 87.5 Å². The molecular weight excluding hydrogens is 256 g/mol. The summed E-state index contributed by atoms with van der Waals surface area (Å²) < 4.78 is 0. The van der Waals surface area contributed by atoms with E-state index >= 15 is 0 Å². The van der Waals surface area contributed by atoms with Crippen molar-refractivity contribution >= 4 is 23.3 Å². The maximum Gasteiger partial charge on any atom is 0.321 e. The fourth-order valence-electron chi connectivity index (χ4n) is 2.12. The Labute approximate surface area is 118 Å². The minimum Gasteiger partial charge on any atom is -0.336 e. The molecule has 1 atom stereocenters. The van der Waals surface area contributed by atoms with Gasteiger partial charge in [-0.3, -0.25) is 9.69 Å². The molecule has 0 aliphatic carbocycles. The second kappa shape index (κ2) is 6.38. The number of urea groups is 1. The molecular formula is C14H20N4O2. The molecule has 0 saturated carbocycles. The molecule has 0 bridgehead atoms. The van der Waals surface area contributed by atoms with Crippen LogP contribution in [0.2, 0.25) is 0 Å². The van der Waals surface area contributed by atoms with E-state index in [1.807, 2.05) is 19.1 Å². The fourth-order valence-corrected chi connectivity index (χ4v) is 2.12. The first-order valence-electron chi connectivity index (χ1n) is 6.83. The zero-order valence-electron chi connectivity index (χ0n) is 11.6. The molecule has 1 heterocycles. The predicted octanol–water partition coefficient (Wildman–Crippen LogP) is 1.28. The molecule has 0 radical (unpaired) electrons. The van der Waals surface area contributed by atoms with Crippen molar-refractivity contribution in [3.8, 4) is 0 Å². The van der Waals surface area contributed by atoms with Crippen molar-refractivity contribution in [2.24, 2.45) is 5.73 Å². The third kappa shape index (κ3) is 3.27. The van der Waals surface area contributed by atoms with Crippen LogP contribution in [-0.4, -0.2) is 31.1 Å². The van der Waals surface area contributed by atoms with Crippen molar-refractivity contribution in [2.75, 3.05) is 23.3 Å². The number of hydrogen-bond acceptors (Lipinski definition) is 3. The van der Waals surface area contributed by atoms with Crippen molar-refractivity contribution in [1.82, 2.24) is 5.32 Å². The Morgan fingerprint density at radius 3 is 2.70 bits per heavy atom. The molecule has 1 aromatic carbocycles. The summed E-state index contributed by atoms with van der Waals surface area (Å²) in [5, 5.41) is 5.52. The Morgan fingerprint density at radius 2 is 2.15 bits per heavy atom. The number of benzene rings is 1. The lowest BCUT2D eigenvalue weighted by molar-refractivity contribution is -0.117. The van der Waals surface area contributed by atoms with Crippen molar-refractivity contribution in [3.05, 3.63) is 24.3 Å². The zero-order valence-corrected chi connectivity index (χ0v) is 11.6. The van der Waals surface area contributed by atoms with Gasteiger partial charge in [-0.15, -0.1) is 0 Å². The minimum atomic E-state index is -0.482. The van der Waals surface area contributed by atoms with E-state index in [-0.39, 0.29) is 11.9 Å². The monoisotopic (exact) mass is 276 g/mol. The van der Waals surface area contributed by atoms with E-state index in [1.54, 1.807) is 17.0 Å². The van der Waals surface area contributed by atoms with Crippen molar-refractivity contribution in [3.63, 3.8) is 0 Å². The van der Waals surface area contributed by atoms with Gasteiger partial charge in [0.2, 0.25) is 5.91 Å². The smallest absolute Gasteiger partial charge is 0.321 e. The summed E-state index contributed by atoms with van der Waals surface area (Å²) in [6.07, 6.45) is 1.54. The number of amides is 3. The fraction of sp³-hybridized carbons (Fsp3) is 0.429. The average Bonchev–Trinajstić information content (AvgIpc) is 2.86. The van der Waals surface area contributed by atoms with Gasteiger partial charge < -0.3 is 16.4 Å². The van der Waals surface area contributed by atoms with E-state index in [0.29, 0.717) is 25.2 Å². The van der Waals surface area contributed by atoms with Gasteiger partial charge in [-0.25, -0.2) is 4.79 Å². The van der Waals surface area contributed by atoms with Crippen LogP contribution in [0.5, 0.6) is 0 Å². The lowest BCUT2D eigenvalue weighted by Gasteiger charge is -2.15. The number of rotatable bonds is 5. The molecule has 6 heteroatoms. The summed E-state index contributed by atoms with van der Waals surface area (Å²) in [4.78, 5) is 25.0. The first-order chi connectivity index (χ1) is 9.61. The quantitative estimate of drug-likeness (QED) is 0.757. The minimum absolute atomic E-state index is 0.0910. The van der Waals surface area contributed by atoms with Gasteiger partial charge >= 0.3 is 6.03 Å². The Hall–Kier alpha value is -2.08. The number of nitrogens with two attached hydrogens (primary N) is 1. The number of hydrogen-bond donors (Lipinski definition) is 3. The third-order valence-corrected chi connectivity index (χ3v) is 3.24. The predicted molar refractivity (Wildman–Crippen MR) is 78.7 cm³/mol. The van der Waals surface area contributed by atoms with E-state index < -0.39 is 6.04 Å². The van der Waals surface area contributed by atoms with Crippen molar-refractivity contribution in [1.29, 1.82) is 0 Å². The Morgan fingerprint density at radius 1 is 1.45 bits per heavy atom. The van der Waals surface area contributed by atoms with Gasteiger partial charge in [0.25, 0.3) is 0 Å². The summed E-state index contributed by atoms with van der Waals surface area (Å²) in [5.41, 5.74) is 7.25. The maximum atomic E-state index is 11.8. The molecule has 3 amide bonds. The highest BCUT2D eigenvalue weighted by Gasteiger charge is 2.21. The highest BCUT2D eigenvalue weighted by Crippen LogP contribution is 2.19. The Bertz CT molecular complexity index is 486. The van der Waals surface area contributed by atoms with Gasteiger partial charge in [0.15, 0.2) is 0 Å². The molecule has 108 valence electrons. The summed E-state index contributed by atoms with van der Waals surface area (Å²) in [7, 11) is 0. The summed E-state index contributed by atoms with van der Waals surface area (Å²) in [6.45, 7) is 3.30. The van der Waals surface area contributed by atoms with Gasteiger partial charge in [0.1, 0.15) is 0 Å². The van der Waals surface area contributed by atoms with Gasteiger partial charge in [0, 0.05) is 24.5 Å². The van der Waals surface area contributed by atoms with Crippen LogP contribution < -0.4 is 21.3 Å². The van der Waals surface area contributed by atoms with Crippen LogP contribution in [0.4, 0.5) is 16.2 Å². The SMILES string of the molecule is CCC[C@H](N)C(=O)Nc1ccc(N2CCNC2=O)cc1. The van der Waals surface area contributed by atoms with E-state index in [4.69, 9.17) is 5.73 Å². The van der Waals surface area contributed by atoms with Crippen molar-refractivity contribution in [2.45, 2.75) is 25.8 Å². The lowest BCUT2D eigenvalue weighted by Crippen LogP contribution is -2.35. The molecule has 1 aliphatic heterocycles. The molecule has 0 aromatic heterocycles. The number of anilines is 2. The number of carbonyl (C=O) groups is 2. The lowest BCUT2D eigenvalue weighted by atomic mass is 10.1. The molecule has 2 rings (SSSR count). The largest absolute Gasteiger partial charge is 0.336 e. The van der Waals surface area contributed by atoms with Crippen LogP contribution in [0, 0.1) is 0 Å². The summed E-state index contributed by atoms with van der Waals surface area (Å²) in [6, 6.07) is 6.60. The molecule has 4 N–H and O–H groups in total. The second-order valence-corrected chi connectivity index (χ2v) is 4.81. The van der Waals surface area contributed by atoms with Gasteiger partial charge in [-0.05, 0) is 30.7 Å². The van der Waals surface area contributed by atoms with Crippen LogP contribution in [-0.2, 0) is 4.79 Å². The van der Waals surface area contributed by atoms with Crippen LogP contribution >= 0.6 is 0 Å². The standard InChI is InChI=1S/C14H20N4O2/c1-2-3-12(15)13(19)17-10-4-6-11(7-5-10)18-9-8-16-14(18)20/h4-7,12H,2-3,8-9,15H2,1H3,(H,16,20)(H,17,19)/t12-/m0/s1. The summed E-state index contributed by atoms with van der Waals surface area (Å²) >= 11 is 0. The Kier molecular flexibility index (Phi) is 4.57. The first-order valence-corrected chi connectivity index (χ1v) is 6.83. The van der Waals surface area contributed by atoms with E-state index in [9.17, 15) is 9.59 Å². The normalized spacial score (nSPS) is 15.9. The molecule has 6 nitrogen and oxygen atoms in total. The van der Waals surface area contributed by atoms with E-state index in [2.05, 4.69) is 10.6 Å². The molecule has 0 unspecified atom stereocenters. The average molecular weight is 276 g/mol. The van der Waals surface area contributed by atoms with Gasteiger partial charge in [-0.1, -0.05) is 13.3 Å². The summed E-state index contributed by atoms with van der Waals surface area (Å²) in [5.74, 6) is -0.182. The molecule has 1 fully saturated rings. The van der Waals surface area contributed by atoms with E-state index in [0.717, 1.165) is 12.1 Å². The molecule has 20 heavy (non-hydrogen) atoms. The van der Waals surface area contributed by atoms with Gasteiger partial charge in [-0.2, -0.15) is 0 Å². The van der Waals surface area contributed by atoms with Crippen LogP contribution in [0.1, 0.15) is 19.8 Å². The molecule has 1 aromatic rings. The highest BCUT2D eigenvalue weighted by molar-refractivity contribution is 5.96. The Balaban J connectivity index is 1.98. The highest BCUT2D eigenvalue weighted by atomic mass is 16.2. The molecule has 1 saturated heterocycles. The number of carbonyl (C=O) groups excluding carboxylic acids is 2. The van der Waals surface area contributed by atoms with Crippen LogP contribution in [0.15, 0.2) is 24.3 Å². The van der Waals surface area contributed by atoms with Crippen LogP contribution in [0.25, 0.3) is 0 Å².